The Bertz CT molecular complexity index is 744. The van der Waals surface area contributed by atoms with Gasteiger partial charge in [-0.3, -0.25) is 4.79 Å². The van der Waals surface area contributed by atoms with Crippen molar-refractivity contribution in [1.82, 2.24) is 15.5 Å². The third kappa shape index (κ3) is 4.64. The van der Waals surface area contributed by atoms with Crippen LogP contribution in [0.4, 0.5) is 4.79 Å². The van der Waals surface area contributed by atoms with Gasteiger partial charge < -0.3 is 20.6 Å². The molecular formula is C23H33N3O3. The van der Waals surface area contributed by atoms with Gasteiger partial charge in [0.25, 0.3) is 0 Å². The largest absolute Gasteiger partial charge is 0.394 e. The third-order valence-electron chi connectivity index (χ3n) is 6.04. The zero-order valence-electron chi connectivity index (χ0n) is 17.5. The Morgan fingerprint density at radius 3 is 2.48 bits per heavy atom. The number of amides is 3. The van der Waals surface area contributed by atoms with Crippen LogP contribution in [0.15, 0.2) is 30.3 Å². The number of urea groups is 1. The van der Waals surface area contributed by atoms with Crippen LogP contribution in [-0.4, -0.2) is 53.7 Å². The molecular weight excluding hydrogens is 366 g/mol. The van der Waals surface area contributed by atoms with Crippen molar-refractivity contribution >= 4 is 17.5 Å². The molecule has 158 valence electrons. The molecule has 2 aliphatic rings. The van der Waals surface area contributed by atoms with Gasteiger partial charge in [0.05, 0.1) is 18.7 Å². The first-order chi connectivity index (χ1) is 14.1. The molecule has 1 aromatic carbocycles. The van der Waals surface area contributed by atoms with Gasteiger partial charge in [-0.15, -0.1) is 0 Å². The van der Waals surface area contributed by atoms with E-state index in [0.717, 1.165) is 24.8 Å². The number of likely N-dealkylation sites (tertiary alicyclic amines) is 1. The fraction of sp³-hybridized carbons (Fsp3) is 0.565. The number of benzene rings is 1. The van der Waals surface area contributed by atoms with Crippen LogP contribution in [0.3, 0.4) is 0 Å². The molecule has 0 aromatic heterocycles. The van der Waals surface area contributed by atoms with Gasteiger partial charge in [-0.2, -0.15) is 0 Å². The second-order valence-electron chi connectivity index (χ2n) is 7.88. The summed E-state index contributed by atoms with van der Waals surface area (Å²) >= 11 is 0. The highest BCUT2D eigenvalue weighted by molar-refractivity contribution is 5.79. The molecule has 1 aromatic rings. The lowest BCUT2D eigenvalue weighted by atomic mass is 9.74. The fourth-order valence-electron chi connectivity index (χ4n) is 4.52. The molecule has 3 amide bonds. The first-order valence-corrected chi connectivity index (χ1v) is 10.8. The van der Waals surface area contributed by atoms with Crippen LogP contribution in [0.2, 0.25) is 0 Å². The van der Waals surface area contributed by atoms with Crippen LogP contribution in [0.1, 0.15) is 63.0 Å². The quantitative estimate of drug-likeness (QED) is 0.628. The molecule has 0 bridgehead atoms. The third-order valence-corrected chi connectivity index (χ3v) is 6.04. The number of aliphatic hydroxyl groups is 1. The Morgan fingerprint density at radius 2 is 1.90 bits per heavy atom. The maximum atomic E-state index is 12.5. The van der Waals surface area contributed by atoms with E-state index in [1.165, 1.54) is 17.6 Å². The minimum absolute atomic E-state index is 0.00795. The normalized spacial score (nSPS) is 23.3. The Balaban J connectivity index is 1.75. The molecule has 1 fully saturated rings. The van der Waals surface area contributed by atoms with E-state index in [4.69, 9.17) is 0 Å². The van der Waals surface area contributed by atoms with E-state index < -0.39 is 0 Å². The van der Waals surface area contributed by atoms with E-state index in [9.17, 15) is 14.7 Å². The van der Waals surface area contributed by atoms with Crippen LogP contribution in [-0.2, 0) is 4.79 Å². The van der Waals surface area contributed by atoms with E-state index in [2.05, 4.69) is 41.0 Å². The molecule has 0 radical (unpaired) electrons. The van der Waals surface area contributed by atoms with Crippen molar-refractivity contribution in [3.8, 4) is 0 Å². The van der Waals surface area contributed by atoms with Crippen molar-refractivity contribution in [2.45, 2.75) is 64.0 Å². The number of allylic oxidation sites excluding steroid dienone is 2. The SMILES string of the molecule is CCCNC(=O)NC[C@@H]1[C@@H](c2ccc(C3=CCCC3)cc2)[C@H](CO)N1C(=O)CC. The summed E-state index contributed by atoms with van der Waals surface area (Å²) in [4.78, 5) is 26.2. The maximum absolute atomic E-state index is 12.5. The lowest BCUT2D eigenvalue weighted by Gasteiger charge is -2.55. The van der Waals surface area contributed by atoms with Gasteiger partial charge in [0.15, 0.2) is 0 Å². The minimum Gasteiger partial charge on any atom is -0.394 e. The molecule has 0 unspecified atom stereocenters. The Kier molecular flexibility index (Phi) is 7.31. The fourth-order valence-corrected chi connectivity index (χ4v) is 4.52. The van der Waals surface area contributed by atoms with Crippen LogP contribution in [0.25, 0.3) is 5.57 Å². The number of nitrogens with zero attached hydrogens (tertiary/aromatic N) is 1. The molecule has 6 nitrogen and oxygen atoms in total. The number of rotatable bonds is 8. The molecule has 3 rings (SSSR count). The molecule has 3 N–H and O–H groups in total. The van der Waals surface area contributed by atoms with Gasteiger partial charge in [-0.25, -0.2) is 4.79 Å². The zero-order valence-corrected chi connectivity index (χ0v) is 17.5. The van der Waals surface area contributed by atoms with E-state index in [-0.39, 0.29) is 36.5 Å². The van der Waals surface area contributed by atoms with Crippen molar-refractivity contribution in [2.75, 3.05) is 19.7 Å². The molecule has 6 heteroatoms. The number of hydrogen-bond donors (Lipinski definition) is 3. The Hall–Kier alpha value is -2.34. The molecule has 1 heterocycles. The monoisotopic (exact) mass is 399 g/mol. The van der Waals surface area contributed by atoms with Gasteiger partial charge in [0.2, 0.25) is 5.91 Å². The van der Waals surface area contributed by atoms with Crippen LogP contribution in [0.5, 0.6) is 0 Å². The molecule has 1 aliphatic heterocycles. The first-order valence-electron chi connectivity index (χ1n) is 10.8. The van der Waals surface area contributed by atoms with Crippen molar-refractivity contribution < 1.29 is 14.7 Å². The second kappa shape index (κ2) is 9.92. The molecule has 29 heavy (non-hydrogen) atoms. The maximum Gasteiger partial charge on any atom is 0.314 e. The average molecular weight is 400 g/mol. The van der Waals surface area contributed by atoms with Crippen molar-refractivity contribution in [1.29, 1.82) is 0 Å². The van der Waals surface area contributed by atoms with Crippen LogP contribution < -0.4 is 10.6 Å². The second-order valence-corrected chi connectivity index (χ2v) is 7.88. The molecule has 1 saturated heterocycles. The highest BCUT2D eigenvalue weighted by Crippen LogP contribution is 2.41. The highest BCUT2D eigenvalue weighted by atomic mass is 16.3. The predicted molar refractivity (Wildman–Crippen MR) is 115 cm³/mol. The lowest BCUT2D eigenvalue weighted by Crippen LogP contribution is -2.68. The summed E-state index contributed by atoms with van der Waals surface area (Å²) in [6, 6.07) is 7.89. The standard InChI is InChI=1S/C23H33N3O3/c1-3-13-24-23(29)25-14-19-22(20(15-27)26(19)21(28)4-2)18-11-9-17(10-12-18)16-7-5-6-8-16/h7,9-12,19-20,22,27H,3-6,8,13-15H2,1-2H3,(H2,24,25,29)/t19-,20+,22-/m1/s1. The molecule has 0 spiro atoms. The average Bonchev–Trinajstić information content (AvgIpc) is 3.26. The van der Waals surface area contributed by atoms with Gasteiger partial charge in [0, 0.05) is 25.4 Å². The van der Waals surface area contributed by atoms with Gasteiger partial charge >= 0.3 is 6.03 Å². The van der Waals surface area contributed by atoms with Crippen molar-refractivity contribution in [2.24, 2.45) is 0 Å². The number of aliphatic hydroxyl groups excluding tert-OH is 1. The van der Waals surface area contributed by atoms with E-state index in [1.54, 1.807) is 4.90 Å². The Labute approximate surface area is 173 Å². The summed E-state index contributed by atoms with van der Waals surface area (Å²) in [5, 5.41) is 15.7. The number of carbonyl (C=O) groups is 2. The van der Waals surface area contributed by atoms with Crippen molar-refractivity contribution in [3.63, 3.8) is 0 Å². The van der Waals surface area contributed by atoms with Crippen molar-refractivity contribution in [3.05, 3.63) is 41.5 Å². The predicted octanol–water partition coefficient (Wildman–Crippen LogP) is 3.03. The molecule has 3 atom stereocenters. The summed E-state index contributed by atoms with van der Waals surface area (Å²) in [7, 11) is 0. The highest BCUT2D eigenvalue weighted by Gasteiger charge is 2.50. The van der Waals surface area contributed by atoms with E-state index >= 15 is 0 Å². The number of nitrogens with one attached hydrogen (secondary N) is 2. The molecule has 0 saturated carbocycles. The minimum atomic E-state index is -0.246. The number of hydrogen-bond acceptors (Lipinski definition) is 3. The Morgan fingerprint density at radius 1 is 1.14 bits per heavy atom. The summed E-state index contributed by atoms with van der Waals surface area (Å²) in [5.74, 6) is 0.0161. The van der Waals surface area contributed by atoms with Crippen LogP contribution in [0, 0.1) is 0 Å². The van der Waals surface area contributed by atoms with Crippen LogP contribution >= 0.6 is 0 Å². The molecule has 1 aliphatic carbocycles. The smallest absolute Gasteiger partial charge is 0.314 e. The van der Waals surface area contributed by atoms with E-state index in [0.29, 0.717) is 19.5 Å². The van der Waals surface area contributed by atoms with Gasteiger partial charge in [0.1, 0.15) is 0 Å². The van der Waals surface area contributed by atoms with Gasteiger partial charge in [-0.1, -0.05) is 44.2 Å². The summed E-state index contributed by atoms with van der Waals surface area (Å²) in [6.07, 6.45) is 7.05. The lowest BCUT2D eigenvalue weighted by molar-refractivity contribution is -0.149. The number of carbonyl (C=O) groups excluding carboxylic acids is 2. The van der Waals surface area contributed by atoms with E-state index in [1.807, 2.05) is 13.8 Å². The topological polar surface area (TPSA) is 81.7 Å². The zero-order chi connectivity index (χ0) is 20.8. The first kappa shape index (κ1) is 21.4. The summed E-state index contributed by atoms with van der Waals surface area (Å²) in [5.41, 5.74) is 3.76. The summed E-state index contributed by atoms with van der Waals surface area (Å²) in [6.45, 7) is 4.74. The van der Waals surface area contributed by atoms with Gasteiger partial charge in [-0.05, 0) is 42.4 Å². The summed E-state index contributed by atoms with van der Waals surface area (Å²) < 4.78 is 0.